The summed E-state index contributed by atoms with van der Waals surface area (Å²) >= 11 is 0. The van der Waals surface area contributed by atoms with E-state index in [1.165, 1.54) is 6.26 Å². The fourth-order valence-electron chi connectivity index (χ4n) is 1.38. The summed E-state index contributed by atoms with van der Waals surface area (Å²) in [6, 6.07) is 3.22. The molecule has 0 heterocycles. The second kappa shape index (κ2) is 7.50. The molecular weight excluding hydrogens is 303 g/mol. The van der Waals surface area contributed by atoms with Crippen molar-refractivity contribution in [3.8, 4) is 11.8 Å². The fourth-order valence-corrected chi connectivity index (χ4v) is 3.07. The SMILES string of the molecule is CS(=O)CCNS(=O)(=O)c1ccc(F)cc1C#CCN. The van der Waals surface area contributed by atoms with Crippen molar-refractivity contribution < 1.29 is 17.0 Å². The molecule has 1 unspecified atom stereocenters. The normalized spacial score (nSPS) is 12.6. The van der Waals surface area contributed by atoms with Gasteiger partial charge in [0.1, 0.15) is 5.82 Å². The number of nitrogens with one attached hydrogen (secondary N) is 1. The average molecular weight is 318 g/mol. The van der Waals surface area contributed by atoms with E-state index < -0.39 is 26.6 Å². The maximum atomic E-state index is 13.2. The molecule has 3 N–H and O–H groups in total. The first kappa shape index (κ1) is 16.8. The van der Waals surface area contributed by atoms with Crippen LogP contribution in [0.1, 0.15) is 5.56 Å². The average Bonchev–Trinajstić information content (AvgIpc) is 2.35. The van der Waals surface area contributed by atoms with E-state index in [9.17, 15) is 17.0 Å². The fraction of sp³-hybridized carbons (Fsp3) is 0.333. The molecule has 0 saturated carbocycles. The lowest BCUT2D eigenvalue weighted by atomic mass is 10.2. The summed E-state index contributed by atoms with van der Waals surface area (Å²) in [5.74, 6) is 4.63. The van der Waals surface area contributed by atoms with E-state index in [1.54, 1.807) is 0 Å². The van der Waals surface area contributed by atoms with E-state index >= 15 is 0 Å². The van der Waals surface area contributed by atoms with Crippen LogP contribution < -0.4 is 10.5 Å². The predicted molar refractivity (Wildman–Crippen MR) is 76.5 cm³/mol. The summed E-state index contributed by atoms with van der Waals surface area (Å²) in [6.45, 7) is 0.0742. The summed E-state index contributed by atoms with van der Waals surface area (Å²) < 4.78 is 50.5. The van der Waals surface area contributed by atoms with Gasteiger partial charge in [-0.2, -0.15) is 0 Å². The van der Waals surface area contributed by atoms with Gasteiger partial charge in [-0.25, -0.2) is 17.5 Å². The summed E-state index contributed by atoms with van der Waals surface area (Å²) in [7, 11) is -4.93. The maximum absolute atomic E-state index is 13.2. The summed E-state index contributed by atoms with van der Waals surface area (Å²) in [6.07, 6.45) is 1.48. The molecule has 0 amide bonds. The highest BCUT2D eigenvalue weighted by molar-refractivity contribution is 7.89. The molecule has 1 aromatic rings. The van der Waals surface area contributed by atoms with Crippen molar-refractivity contribution in [1.29, 1.82) is 0 Å². The van der Waals surface area contributed by atoms with E-state index in [0.717, 1.165) is 18.2 Å². The van der Waals surface area contributed by atoms with Crippen molar-refractivity contribution in [2.75, 3.05) is 25.1 Å². The minimum Gasteiger partial charge on any atom is -0.320 e. The van der Waals surface area contributed by atoms with Gasteiger partial charge in [-0.3, -0.25) is 4.21 Å². The van der Waals surface area contributed by atoms with Crippen molar-refractivity contribution in [3.05, 3.63) is 29.6 Å². The number of nitrogens with two attached hydrogens (primary N) is 1. The Balaban J connectivity index is 3.07. The Labute approximate surface area is 120 Å². The van der Waals surface area contributed by atoms with E-state index in [1.807, 2.05) is 0 Å². The monoisotopic (exact) mass is 318 g/mol. The van der Waals surface area contributed by atoms with Crippen LogP contribution in [0.25, 0.3) is 0 Å². The third kappa shape index (κ3) is 5.02. The number of benzene rings is 1. The lowest BCUT2D eigenvalue weighted by molar-refractivity contribution is 0.582. The number of hydrogen-bond donors (Lipinski definition) is 2. The zero-order chi connectivity index (χ0) is 15.2. The van der Waals surface area contributed by atoms with Crippen molar-refractivity contribution in [2.45, 2.75) is 4.90 Å². The van der Waals surface area contributed by atoms with Gasteiger partial charge >= 0.3 is 0 Å². The molecule has 1 atom stereocenters. The van der Waals surface area contributed by atoms with Gasteiger partial charge in [-0.1, -0.05) is 11.8 Å². The first-order valence-corrected chi connectivity index (χ1v) is 8.86. The van der Waals surface area contributed by atoms with E-state index in [0.29, 0.717) is 0 Å². The Hall–Kier alpha value is -1.27. The molecule has 0 radical (unpaired) electrons. The van der Waals surface area contributed by atoms with Crippen LogP contribution in [0.5, 0.6) is 0 Å². The van der Waals surface area contributed by atoms with E-state index in [4.69, 9.17) is 5.73 Å². The molecule has 1 rings (SSSR count). The van der Waals surface area contributed by atoms with Gasteiger partial charge in [0, 0.05) is 34.9 Å². The highest BCUT2D eigenvalue weighted by Gasteiger charge is 2.18. The number of sulfonamides is 1. The largest absolute Gasteiger partial charge is 0.320 e. The molecule has 0 aliphatic heterocycles. The van der Waals surface area contributed by atoms with Crippen molar-refractivity contribution in [3.63, 3.8) is 0 Å². The van der Waals surface area contributed by atoms with E-state index in [-0.39, 0.29) is 29.3 Å². The van der Waals surface area contributed by atoms with E-state index in [2.05, 4.69) is 16.6 Å². The van der Waals surface area contributed by atoms with Crippen molar-refractivity contribution >= 4 is 20.8 Å². The third-order valence-corrected chi connectivity index (χ3v) is 4.54. The molecule has 110 valence electrons. The highest BCUT2D eigenvalue weighted by atomic mass is 32.2. The van der Waals surface area contributed by atoms with Gasteiger partial charge in [-0.05, 0) is 18.2 Å². The second-order valence-electron chi connectivity index (χ2n) is 3.82. The van der Waals surface area contributed by atoms with Crippen LogP contribution >= 0.6 is 0 Å². The molecule has 5 nitrogen and oxygen atoms in total. The third-order valence-electron chi connectivity index (χ3n) is 2.24. The maximum Gasteiger partial charge on any atom is 0.241 e. The topological polar surface area (TPSA) is 89.3 Å². The van der Waals surface area contributed by atoms with Crippen molar-refractivity contribution in [2.24, 2.45) is 5.73 Å². The summed E-state index contributed by atoms with van der Waals surface area (Å²) in [4.78, 5) is -0.123. The molecule has 0 aliphatic carbocycles. The minimum atomic E-state index is -3.83. The predicted octanol–water partition coefficient (Wildman–Crippen LogP) is -0.207. The highest BCUT2D eigenvalue weighted by Crippen LogP contribution is 2.16. The molecular formula is C12H15FN2O3S2. The molecule has 0 spiro atoms. The molecule has 8 heteroatoms. The lowest BCUT2D eigenvalue weighted by Crippen LogP contribution is -2.28. The second-order valence-corrected chi connectivity index (χ2v) is 7.11. The quantitative estimate of drug-likeness (QED) is 0.735. The Kier molecular flexibility index (Phi) is 6.29. The number of hydrogen-bond acceptors (Lipinski definition) is 4. The molecule has 0 aliphatic rings. The van der Waals surface area contributed by atoms with Gasteiger partial charge in [0.25, 0.3) is 0 Å². The van der Waals surface area contributed by atoms with Gasteiger partial charge < -0.3 is 5.73 Å². The standard InChI is InChI=1S/C12H15FN2O3S2/c1-19(16)8-7-15-20(17,18)12-5-4-11(13)9-10(12)3-2-6-14/h4-5,9,15H,6-8,14H2,1H3. The minimum absolute atomic E-state index is 0.0343. The number of halogens is 1. The summed E-state index contributed by atoms with van der Waals surface area (Å²) in [5, 5.41) is 0. The zero-order valence-electron chi connectivity index (χ0n) is 10.8. The summed E-state index contributed by atoms with van der Waals surface area (Å²) in [5.41, 5.74) is 5.26. The Bertz CT molecular complexity index is 663. The molecule has 1 aromatic carbocycles. The molecule has 20 heavy (non-hydrogen) atoms. The molecule has 0 aromatic heterocycles. The first-order valence-electron chi connectivity index (χ1n) is 5.65. The molecule has 0 saturated heterocycles. The van der Waals surface area contributed by atoms with Crippen LogP contribution in [0.3, 0.4) is 0 Å². The first-order chi connectivity index (χ1) is 9.36. The zero-order valence-corrected chi connectivity index (χ0v) is 12.5. The van der Waals surface area contributed by atoms with Crippen molar-refractivity contribution in [1.82, 2.24) is 4.72 Å². The van der Waals surface area contributed by atoms with Gasteiger partial charge in [0.15, 0.2) is 0 Å². The van der Waals surface area contributed by atoms with Gasteiger partial charge in [0.05, 0.1) is 11.4 Å². The number of rotatable bonds is 5. The smallest absolute Gasteiger partial charge is 0.241 e. The Morgan fingerprint density at radius 1 is 1.45 bits per heavy atom. The molecule has 0 fully saturated rings. The molecule has 0 bridgehead atoms. The van der Waals surface area contributed by atoms with Crippen LogP contribution in [0, 0.1) is 17.7 Å². The van der Waals surface area contributed by atoms with Crippen LogP contribution in [-0.2, 0) is 20.8 Å². The van der Waals surface area contributed by atoms with Gasteiger partial charge in [-0.15, -0.1) is 0 Å². The van der Waals surface area contributed by atoms with Crippen LogP contribution in [0.4, 0.5) is 4.39 Å². The van der Waals surface area contributed by atoms with Crippen LogP contribution in [-0.4, -0.2) is 37.7 Å². The van der Waals surface area contributed by atoms with Gasteiger partial charge in [0.2, 0.25) is 10.0 Å². The van der Waals surface area contributed by atoms with Crippen LogP contribution in [0.15, 0.2) is 23.1 Å². The Morgan fingerprint density at radius 3 is 2.75 bits per heavy atom. The lowest BCUT2D eigenvalue weighted by Gasteiger charge is -2.08. The Morgan fingerprint density at radius 2 is 2.15 bits per heavy atom. The van der Waals surface area contributed by atoms with Crippen LogP contribution in [0.2, 0.25) is 0 Å².